The molecule has 2 nitrogen and oxygen atoms in total. The van der Waals surface area contributed by atoms with E-state index in [-0.39, 0.29) is 0 Å². The minimum absolute atomic E-state index is 0.591. The van der Waals surface area contributed by atoms with Crippen molar-refractivity contribution in [2.45, 2.75) is 6.92 Å². The van der Waals surface area contributed by atoms with Gasteiger partial charge in [0.15, 0.2) is 0 Å². The van der Waals surface area contributed by atoms with E-state index in [4.69, 9.17) is 23.8 Å². The molecule has 0 bridgehead atoms. The summed E-state index contributed by atoms with van der Waals surface area (Å²) < 4.78 is 0.591. The van der Waals surface area contributed by atoms with Gasteiger partial charge in [-0.2, -0.15) is 0 Å². The van der Waals surface area contributed by atoms with E-state index in [1.54, 1.807) is 0 Å². The molecule has 0 unspecified atom stereocenters. The Morgan fingerprint density at radius 2 is 2.23 bits per heavy atom. The first kappa shape index (κ1) is 8.66. The second-order valence-corrected chi connectivity index (χ2v) is 3.58. The van der Waals surface area contributed by atoms with Crippen molar-refractivity contribution in [2.75, 3.05) is 0 Å². The summed E-state index contributed by atoms with van der Waals surface area (Å²) in [6.07, 6.45) is 0. The fraction of sp³-hybridized carbons (Fsp3) is 0.111. The molecule has 0 radical (unpaired) electrons. The molecule has 1 N–H and O–H groups in total. The summed E-state index contributed by atoms with van der Waals surface area (Å²) in [7, 11) is 0. The van der Waals surface area contributed by atoms with Crippen LogP contribution in [0.15, 0.2) is 18.2 Å². The molecule has 2 aromatic rings. The predicted molar refractivity (Wildman–Crippen MR) is 56.7 cm³/mol. The van der Waals surface area contributed by atoms with E-state index in [0.29, 0.717) is 9.66 Å². The first-order chi connectivity index (χ1) is 6.18. The van der Waals surface area contributed by atoms with Gasteiger partial charge in [-0.25, -0.2) is 4.98 Å². The van der Waals surface area contributed by atoms with Gasteiger partial charge in [0.1, 0.15) is 10.5 Å². The van der Waals surface area contributed by atoms with Crippen LogP contribution in [0.25, 0.3) is 10.9 Å². The fourth-order valence-corrected chi connectivity index (χ4v) is 1.78. The lowest BCUT2D eigenvalue weighted by Gasteiger charge is -2.01. The van der Waals surface area contributed by atoms with Gasteiger partial charge < -0.3 is 4.98 Å². The highest BCUT2D eigenvalue weighted by molar-refractivity contribution is 7.71. The highest BCUT2D eigenvalue weighted by Gasteiger charge is 2.00. The van der Waals surface area contributed by atoms with Crippen LogP contribution in [0.4, 0.5) is 0 Å². The van der Waals surface area contributed by atoms with Crippen molar-refractivity contribution in [1.29, 1.82) is 0 Å². The van der Waals surface area contributed by atoms with E-state index in [0.717, 1.165) is 16.7 Å². The average Bonchev–Trinajstić information content (AvgIpc) is 2.07. The number of hydrogen-bond donors (Lipinski definition) is 1. The van der Waals surface area contributed by atoms with Crippen LogP contribution in [0.3, 0.4) is 0 Å². The highest BCUT2D eigenvalue weighted by Crippen LogP contribution is 2.21. The summed E-state index contributed by atoms with van der Waals surface area (Å²) in [4.78, 5) is 7.23. The first-order valence-corrected chi connectivity index (χ1v) is 4.62. The molecule has 0 saturated heterocycles. The Labute approximate surface area is 85.6 Å². The number of benzene rings is 1. The molecule has 0 aliphatic carbocycles. The first-order valence-electron chi connectivity index (χ1n) is 3.83. The lowest BCUT2D eigenvalue weighted by molar-refractivity contribution is 1.08. The number of nitrogens with zero attached hydrogens (tertiary/aromatic N) is 1. The topological polar surface area (TPSA) is 28.7 Å². The molecule has 0 fully saturated rings. The third-order valence-electron chi connectivity index (χ3n) is 1.82. The molecular weight excluding hydrogens is 204 g/mol. The zero-order valence-corrected chi connectivity index (χ0v) is 8.54. The maximum Gasteiger partial charge on any atom is 0.137 e. The number of halogens is 1. The van der Waals surface area contributed by atoms with E-state index in [1.165, 1.54) is 0 Å². The molecule has 4 heteroatoms. The lowest BCUT2D eigenvalue weighted by Crippen LogP contribution is -1.90. The minimum Gasteiger partial charge on any atom is -0.342 e. The Hall–Kier alpha value is -0.930. The predicted octanol–water partition coefficient (Wildman–Crippen LogP) is 3.25. The smallest absolute Gasteiger partial charge is 0.137 e. The summed E-state index contributed by atoms with van der Waals surface area (Å²) in [5.74, 6) is 0.783. The van der Waals surface area contributed by atoms with Crippen molar-refractivity contribution in [3.63, 3.8) is 0 Å². The molecule has 1 heterocycles. The molecule has 66 valence electrons. The highest BCUT2D eigenvalue weighted by atomic mass is 35.5. The summed E-state index contributed by atoms with van der Waals surface area (Å²) in [6.45, 7) is 1.86. The van der Waals surface area contributed by atoms with Gasteiger partial charge in [-0.3, -0.25) is 0 Å². The van der Waals surface area contributed by atoms with Gasteiger partial charge in [0.2, 0.25) is 0 Å². The van der Waals surface area contributed by atoms with Crippen LogP contribution >= 0.6 is 23.8 Å². The van der Waals surface area contributed by atoms with E-state index in [1.807, 2.05) is 25.1 Å². The molecule has 1 aromatic heterocycles. The van der Waals surface area contributed by atoms with Crippen LogP contribution in [-0.2, 0) is 0 Å². The molecule has 13 heavy (non-hydrogen) atoms. The maximum atomic E-state index is 6.00. The number of rotatable bonds is 0. The molecule has 0 aliphatic heterocycles. The van der Waals surface area contributed by atoms with Crippen LogP contribution in [0.2, 0.25) is 5.02 Å². The van der Waals surface area contributed by atoms with Gasteiger partial charge >= 0.3 is 0 Å². The molecule has 0 atom stereocenters. The molecule has 0 amide bonds. The van der Waals surface area contributed by atoms with Gasteiger partial charge in [0.05, 0.1) is 10.5 Å². The van der Waals surface area contributed by atoms with Gasteiger partial charge in [-0.15, -0.1) is 0 Å². The number of fused-ring (bicyclic) bond motifs is 1. The number of para-hydroxylation sites is 1. The Morgan fingerprint density at radius 3 is 3.00 bits per heavy atom. The second-order valence-electron chi connectivity index (χ2n) is 2.79. The van der Waals surface area contributed by atoms with Crippen molar-refractivity contribution in [2.24, 2.45) is 0 Å². The molecular formula is C9H7ClN2S. The standard InChI is InChI=1S/C9H7ClN2S/c1-5-11-8-6(9(13)12-5)3-2-4-7(8)10/h2-4H,1H3,(H,11,12,13). The summed E-state index contributed by atoms with van der Waals surface area (Å²) >= 11 is 11.1. The second kappa shape index (κ2) is 3.09. The van der Waals surface area contributed by atoms with Gasteiger partial charge in [-0.1, -0.05) is 29.9 Å². The molecule has 1 aromatic carbocycles. The molecule has 0 saturated carbocycles. The summed E-state index contributed by atoms with van der Waals surface area (Å²) in [5, 5.41) is 1.57. The van der Waals surface area contributed by atoms with Gasteiger partial charge in [-0.05, 0) is 19.1 Å². The van der Waals surface area contributed by atoms with Crippen LogP contribution in [0.1, 0.15) is 5.82 Å². The van der Waals surface area contributed by atoms with Gasteiger partial charge in [0.25, 0.3) is 0 Å². The maximum absolute atomic E-state index is 6.00. The monoisotopic (exact) mass is 210 g/mol. The zero-order chi connectivity index (χ0) is 9.42. The van der Waals surface area contributed by atoms with E-state index in [2.05, 4.69) is 9.97 Å². The van der Waals surface area contributed by atoms with Crippen molar-refractivity contribution >= 4 is 34.7 Å². The molecule has 0 aliphatic rings. The van der Waals surface area contributed by atoms with Crippen molar-refractivity contribution in [1.82, 2.24) is 9.97 Å². The summed E-state index contributed by atoms with van der Waals surface area (Å²) in [6, 6.07) is 5.60. The molecule has 2 rings (SSSR count). The number of hydrogen-bond acceptors (Lipinski definition) is 2. The van der Waals surface area contributed by atoms with Crippen LogP contribution in [0.5, 0.6) is 0 Å². The largest absolute Gasteiger partial charge is 0.342 e. The number of nitrogens with one attached hydrogen (secondary N) is 1. The fourth-order valence-electron chi connectivity index (χ4n) is 1.25. The van der Waals surface area contributed by atoms with Gasteiger partial charge in [0, 0.05) is 5.39 Å². The van der Waals surface area contributed by atoms with Crippen molar-refractivity contribution in [3.8, 4) is 0 Å². The SMILES string of the molecule is Cc1nc(=S)c2cccc(Cl)c2[nH]1. The van der Waals surface area contributed by atoms with E-state index < -0.39 is 0 Å². The average molecular weight is 211 g/mol. The Balaban J connectivity index is 3.03. The molecule has 0 spiro atoms. The van der Waals surface area contributed by atoms with E-state index >= 15 is 0 Å². The number of aryl methyl sites for hydroxylation is 1. The quantitative estimate of drug-likeness (QED) is 0.677. The van der Waals surface area contributed by atoms with Crippen LogP contribution < -0.4 is 0 Å². The third-order valence-corrected chi connectivity index (χ3v) is 2.45. The van der Waals surface area contributed by atoms with Crippen LogP contribution in [-0.4, -0.2) is 9.97 Å². The normalized spacial score (nSPS) is 10.6. The van der Waals surface area contributed by atoms with Crippen molar-refractivity contribution in [3.05, 3.63) is 33.7 Å². The van der Waals surface area contributed by atoms with Crippen LogP contribution in [0, 0.1) is 11.6 Å². The Kier molecular flexibility index (Phi) is 2.06. The Bertz CT molecular complexity index is 518. The number of aromatic amines is 1. The zero-order valence-electron chi connectivity index (χ0n) is 6.97. The Morgan fingerprint density at radius 1 is 1.46 bits per heavy atom. The van der Waals surface area contributed by atoms with Crippen molar-refractivity contribution < 1.29 is 0 Å². The van der Waals surface area contributed by atoms with E-state index in [9.17, 15) is 0 Å². The summed E-state index contributed by atoms with van der Waals surface area (Å²) in [5.41, 5.74) is 0.863. The lowest BCUT2D eigenvalue weighted by atomic mass is 10.2. The number of H-pyrrole nitrogens is 1. The number of aromatic nitrogens is 2. The minimum atomic E-state index is 0.591. The third kappa shape index (κ3) is 1.45.